The summed E-state index contributed by atoms with van der Waals surface area (Å²) < 4.78 is 11.7. The number of aliphatic imine (C=N–C) groups is 1. The highest BCUT2D eigenvalue weighted by molar-refractivity contribution is 14.0. The molecule has 7 heteroatoms. The van der Waals surface area contributed by atoms with Crippen molar-refractivity contribution in [1.29, 1.82) is 0 Å². The molecule has 2 N–H and O–H groups in total. The fourth-order valence-corrected chi connectivity index (χ4v) is 2.95. The van der Waals surface area contributed by atoms with E-state index in [1.165, 1.54) is 12.8 Å². The summed E-state index contributed by atoms with van der Waals surface area (Å²) in [6, 6.07) is 8.58. The third-order valence-electron chi connectivity index (χ3n) is 4.45. The summed E-state index contributed by atoms with van der Waals surface area (Å²) in [4.78, 5) is 6.80. The van der Waals surface area contributed by atoms with Crippen LogP contribution in [0, 0.1) is 0 Å². The van der Waals surface area contributed by atoms with Gasteiger partial charge in [-0.2, -0.15) is 0 Å². The zero-order valence-corrected chi connectivity index (χ0v) is 17.4. The Morgan fingerprint density at radius 3 is 2.68 bits per heavy atom. The molecule has 140 valence electrons. The zero-order chi connectivity index (χ0) is 16.8. The molecule has 0 spiro atoms. The van der Waals surface area contributed by atoms with Crippen LogP contribution in [-0.2, 0) is 0 Å². The second-order valence-corrected chi connectivity index (χ2v) is 6.24. The summed E-state index contributed by atoms with van der Waals surface area (Å²) >= 11 is 0. The van der Waals surface area contributed by atoms with Gasteiger partial charge in [-0.1, -0.05) is 19.1 Å². The minimum absolute atomic E-state index is 0. The van der Waals surface area contributed by atoms with Crippen molar-refractivity contribution in [2.75, 3.05) is 39.8 Å². The third kappa shape index (κ3) is 5.91. The van der Waals surface area contributed by atoms with E-state index in [1.54, 1.807) is 7.05 Å². The maximum absolute atomic E-state index is 5.95. The molecule has 0 saturated heterocycles. The first-order valence-electron chi connectivity index (χ1n) is 8.87. The van der Waals surface area contributed by atoms with E-state index < -0.39 is 0 Å². The molecule has 1 unspecified atom stereocenters. The van der Waals surface area contributed by atoms with Crippen LogP contribution in [-0.4, -0.2) is 62.8 Å². The summed E-state index contributed by atoms with van der Waals surface area (Å²) in [6.07, 6.45) is 2.68. The Balaban J connectivity index is 0.00000225. The van der Waals surface area contributed by atoms with Crippen LogP contribution in [0.25, 0.3) is 0 Å². The Labute approximate surface area is 167 Å². The summed E-state index contributed by atoms with van der Waals surface area (Å²) in [7, 11) is 1.79. The number of nitrogens with one attached hydrogen (secondary N) is 2. The Morgan fingerprint density at radius 1 is 1.24 bits per heavy atom. The van der Waals surface area contributed by atoms with E-state index in [0.29, 0.717) is 13.2 Å². The molecule has 1 fully saturated rings. The first kappa shape index (κ1) is 20.1. The number of halogens is 1. The highest BCUT2D eigenvalue weighted by Crippen LogP contribution is 2.30. The van der Waals surface area contributed by atoms with Gasteiger partial charge < -0.3 is 20.1 Å². The minimum atomic E-state index is -0.0166. The van der Waals surface area contributed by atoms with Crippen molar-refractivity contribution in [3.8, 4) is 11.5 Å². The number of ether oxygens (including phenoxy) is 2. The van der Waals surface area contributed by atoms with Gasteiger partial charge in [0.2, 0.25) is 0 Å². The van der Waals surface area contributed by atoms with Gasteiger partial charge in [0.15, 0.2) is 17.5 Å². The van der Waals surface area contributed by atoms with Gasteiger partial charge in [0.25, 0.3) is 0 Å². The minimum Gasteiger partial charge on any atom is -0.486 e. The van der Waals surface area contributed by atoms with Crippen LogP contribution in [0.4, 0.5) is 0 Å². The number of hydrogen-bond donors (Lipinski definition) is 2. The van der Waals surface area contributed by atoms with Gasteiger partial charge in [0.1, 0.15) is 12.7 Å². The van der Waals surface area contributed by atoms with Gasteiger partial charge in [-0.25, -0.2) is 0 Å². The van der Waals surface area contributed by atoms with E-state index in [-0.39, 0.29) is 30.1 Å². The quantitative estimate of drug-likeness (QED) is 0.371. The van der Waals surface area contributed by atoms with Gasteiger partial charge in [0.05, 0.1) is 6.54 Å². The van der Waals surface area contributed by atoms with Crippen molar-refractivity contribution >= 4 is 29.9 Å². The van der Waals surface area contributed by atoms with E-state index in [2.05, 4.69) is 27.4 Å². The first-order chi connectivity index (χ1) is 11.8. The molecule has 1 aliphatic heterocycles. The van der Waals surface area contributed by atoms with Crippen molar-refractivity contribution in [3.05, 3.63) is 24.3 Å². The molecule has 0 amide bonds. The molecule has 1 aliphatic carbocycles. The molecule has 0 aromatic heterocycles. The van der Waals surface area contributed by atoms with Crippen molar-refractivity contribution < 1.29 is 9.47 Å². The van der Waals surface area contributed by atoms with Crippen LogP contribution in [0.15, 0.2) is 29.3 Å². The van der Waals surface area contributed by atoms with E-state index in [9.17, 15) is 0 Å². The average molecular weight is 460 g/mol. The van der Waals surface area contributed by atoms with Gasteiger partial charge in [0, 0.05) is 26.2 Å². The number of nitrogens with zero attached hydrogens (tertiary/aromatic N) is 2. The molecule has 25 heavy (non-hydrogen) atoms. The lowest BCUT2D eigenvalue weighted by Gasteiger charge is -2.27. The fraction of sp³-hybridized carbons (Fsp3) is 0.611. The number of hydrogen-bond acceptors (Lipinski definition) is 4. The second-order valence-electron chi connectivity index (χ2n) is 6.24. The van der Waals surface area contributed by atoms with Crippen LogP contribution in [0.1, 0.15) is 19.8 Å². The average Bonchev–Trinajstić information content (AvgIpc) is 3.46. The monoisotopic (exact) mass is 460 g/mol. The molecule has 1 aromatic rings. The molecule has 3 rings (SSSR count). The smallest absolute Gasteiger partial charge is 0.191 e. The molecule has 1 atom stereocenters. The van der Waals surface area contributed by atoms with Crippen LogP contribution in [0.5, 0.6) is 11.5 Å². The number of likely N-dealkylation sites (N-methyl/N-ethyl adjacent to an activating group) is 1. The zero-order valence-electron chi connectivity index (χ0n) is 15.0. The molecule has 1 aromatic carbocycles. The molecule has 2 aliphatic rings. The van der Waals surface area contributed by atoms with Crippen molar-refractivity contribution in [1.82, 2.24) is 15.5 Å². The Bertz CT molecular complexity index is 566. The number of benzene rings is 1. The first-order valence-corrected chi connectivity index (χ1v) is 8.87. The molecular weight excluding hydrogens is 431 g/mol. The summed E-state index contributed by atoms with van der Waals surface area (Å²) in [6.45, 7) is 6.50. The summed E-state index contributed by atoms with van der Waals surface area (Å²) in [5.41, 5.74) is 0. The van der Waals surface area contributed by atoms with Gasteiger partial charge in [-0.3, -0.25) is 9.89 Å². The van der Waals surface area contributed by atoms with Gasteiger partial charge >= 0.3 is 0 Å². The predicted octanol–water partition coefficient (Wildman–Crippen LogP) is 2.09. The van der Waals surface area contributed by atoms with Crippen LogP contribution < -0.4 is 20.1 Å². The molecule has 6 nitrogen and oxygen atoms in total. The summed E-state index contributed by atoms with van der Waals surface area (Å²) in [5.74, 6) is 2.43. The predicted molar refractivity (Wildman–Crippen MR) is 111 cm³/mol. The molecule has 1 heterocycles. The van der Waals surface area contributed by atoms with Crippen molar-refractivity contribution in [3.63, 3.8) is 0 Å². The number of guanidine groups is 1. The molecule has 0 bridgehead atoms. The number of para-hydroxylation sites is 2. The number of rotatable bonds is 7. The standard InChI is InChI=1S/C18H28N4O2.HI/c1-3-22(14-8-9-14)11-10-20-18(19-2)21-12-15-13-23-16-6-4-5-7-17(16)24-15;/h4-7,14-15H,3,8-13H2,1-2H3,(H2,19,20,21);1H. The highest BCUT2D eigenvalue weighted by atomic mass is 127. The molecule has 1 saturated carbocycles. The van der Waals surface area contributed by atoms with Crippen LogP contribution in [0.3, 0.4) is 0 Å². The second kappa shape index (κ2) is 10.1. The van der Waals surface area contributed by atoms with Crippen molar-refractivity contribution in [2.45, 2.75) is 31.9 Å². The topological polar surface area (TPSA) is 58.1 Å². The Morgan fingerprint density at radius 2 is 2.00 bits per heavy atom. The fourth-order valence-electron chi connectivity index (χ4n) is 2.95. The Kier molecular flexibility index (Phi) is 8.08. The number of fused-ring (bicyclic) bond motifs is 1. The molecule has 0 radical (unpaired) electrons. The lowest BCUT2D eigenvalue weighted by molar-refractivity contribution is 0.0936. The van der Waals surface area contributed by atoms with Crippen molar-refractivity contribution in [2.24, 2.45) is 4.99 Å². The maximum Gasteiger partial charge on any atom is 0.191 e. The maximum atomic E-state index is 5.95. The van der Waals surface area contributed by atoms with Gasteiger partial charge in [-0.05, 0) is 31.5 Å². The Hall–Kier alpha value is -1.22. The van der Waals surface area contributed by atoms with E-state index in [1.807, 2.05) is 24.3 Å². The van der Waals surface area contributed by atoms with E-state index in [4.69, 9.17) is 9.47 Å². The lowest BCUT2D eigenvalue weighted by Crippen LogP contribution is -2.47. The van der Waals surface area contributed by atoms with E-state index in [0.717, 1.165) is 43.1 Å². The van der Waals surface area contributed by atoms with Gasteiger partial charge in [-0.15, -0.1) is 24.0 Å². The highest BCUT2D eigenvalue weighted by Gasteiger charge is 2.27. The molecular formula is C18H29IN4O2. The SMILES string of the molecule is CCN(CCNC(=NC)NCC1COc2ccccc2O1)C1CC1.I. The van der Waals surface area contributed by atoms with Crippen LogP contribution >= 0.6 is 24.0 Å². The van der Waals surface area contributed by atoms with Crippen LogP contribution in [0.2, 0.25) is 0 Å². The van der Waals surface area contributed by atoms with E-state index >= 15 is 0 Å². The lowest BCUT2D eigenvalue weighted by atomic mass is 10.2. The summed E-state index contributed by atoms with van der Waals surface area (Å²) in [5, 5.41) is 6.70. The normalized spacial score (nSPS) is 19.3. The third-order valence-corrected chi connectivity index (χ3v) is 4.45. The largest absolute Gasteiger partial charge is 0.486 e.